The van der Waals surface area contributed by atoms with E-state index in [1.807, 2.05) is 0 Å². The molecule has 0 bridgehead atoms. The van der Waals surface area contributed by atoms with E-state index in [0.717, 1.165) is 18.2 Å². The van der Waals surface area contributed by atoms with Crippen LogP contribution in [-0.2, 0) is 18.1 Å². The van der Waals surface area contributed by atoms with Gasteiger partial charge in [-0.15, -0.1) is 0 Å². The van der Waals surface area contributed by atoms with Gasteiger partial charge < -0.3 is 4.74 Å². The molecule has 0 aliphatic rings. The van der Waals surface area contributed by atoms with Gasteiger partial charge in [0.2, 0.25) is 0 Å². The maximum Gasteiger partial charge on any atom is 0.265 e. The SMILES string of the molecule is COc1ccc(S(=O)(=O)Cl)cc1S(=O)(=O)Cl. The van der Waals surface area contributed by atoms with Crippen molar-refractivity contribution < 1.29 is 21.6 Å². The minimum absolute atomic E-state index is 0.0564. The zero-order valence-corrected chi connectivity index (χ0v) is 11.0. The highest BCUT2D eigenvalue weighted by Crippen LogP contribution is 2.30. The Morgan fingerprint density at radius 3 is 2.00 bits per heavy atom. The number of halogens is 2. The van der Waals surface area contributed by atoms with Gasteiger partial charge in [0, 0.05) is 21.4 Å². The van der Waals surface area contributed by atoms with Crippen LogP contribution in [-0.4, -0.2) is 23.9 Å². The third-order valence-electron chi connectivity index (χ3n) is 1.68. The van der Waals surface area contributed by atoms with Crippen molar-refractivity contribution in [1.29, 1.82) is 0 Å². The monoisotopic (exact) mass is 304 g/mol. The summed E-state index contributed by atoms with van der Waals surface area (Å²) in [6, 6.07) is 3.11. The predicted molar refractivity (Wildman–Crippen MR) is 59.1 cm³/mol. The zero-order chi connectivity index (χ0) is 12.6. The molecule has 90 valence electrons. The summed E-state index contributed by atoms with van der Waals surface area (Å²) in [5, 5.41) is 0. The average Bonchev–Trinajstić information content (AvgIpc) is 2.14. The van der Waals surface area contributed by atoms with Gasteiger partial charge in [-0.25, -0.2) is 16.8 Å². The van der Waals surface area contributed by atoms with Crippen LogP contribution in [0.15, 0.2) is 28.0 Å². The van der Waals surface area contributed by atoms with E-state index >= 15 is 0 Å². The van der Waals surface area contributed by atoms with E-state index in [2.05, 4.69) is 0 Å². The van der Waals surface area contributed by atoms with Crippen LogP contribution in [0.5, 0.6) is 5.75 Å². The fourth-order valence-electron chi connectivity index (χ4n) is 0.999. The van der Waals surface area contributed by atoms with Crippen LogP contribution in [0.2, 0.25) is 0 Å². The van der Waals surface area contributed by atoms with E-state index < -0.39 is 23.0 Å². The molecule has 0 atom stereocenters. The van der Waals surface area contributed by atoms with Gasteiger partial charge in [-0.3, -0.25) is 0 Å². The van der Waals surface area contributed by atoms with Gasteiger partial charge in [0.1, 0.15) is 10.6 Å². The minimum atomic E-state index is -4.10. The van der Waals surface area contributed by atoms with Crippen molar-refractivity contribution in [3.8, 4) is 5.75 Å². The standard InChI is InChI=1S/C7H6Cl2O5S2/c1-14-6-3-2-5(15(8,10)11)4-7(6)16(9,12)13/h2-4H,1H3. The lowest BCUT2D eigenvalue weighted by Gasteiger charge is -2.06. The molecule has 0 saturated carbocycles. The summed E-state index contributed by atoms with van der Waals surface area (Å²) in [6.07, 6.45) is 0. The van der Waals surface area contributed by atoms with Gasteiger partial charge in [-0.2, -0.15) is 0 Å². The van der Waals surface area contributed by atoms with E-state index in [4.69, 9.17) is 26.1 Å². The second-order valence-corrected chi connectivity index (χ2v) is 7.79. The predicted octanol–water partition coefficient (Wildman–Crippen LogP) is 1.55. The third kappa shape index (κ3) is 3.00. The number of rotatable bonds is 3. The topological polar surface area (TPSA) is 77.5 Å². The van der Waals surface area contributed by atoms with Crippen LogP contribution in [0.3, 0.4) is 0 Å². The van der Waals surface area contributed by atoms with Crippen LogP contribution >= 0.6 is 21.4 Å². The summed E-state index contributed by atoms with van der Waals surface area (Å²) < 4.78 is 49.0. The average molecular weight is 305 g/mol. The fraction of sp³-hybridized carbons (Fsp3) is 0.143. The molecule has 16 heavy (non-hydrogen) atoms. The molecule has 9 heteroatoms. The molecule has 0 aliphatic heterocycles. The molecule has 0 aromatic heterocycles. The molecule has 0 heterocycles. The Hall–Kier alpha value is -0.500. The summed E-state index contributed by atoms with van der Waals surface area (Å²) >= 11 is 0. The molecule has 1 rings (SSSR count). The second-order valence-electron chi connectivity index (χ2n) is 2.69. The molecule has 0 spiro atoms. The molecule has 1 aromatic carbocycles. The molecular formula is C7H6Cl2O5S2. The maximum atomic E-state index is 11.1. The zero-order valence-electron chi connectivity index (χ0n) is 7.85. The molecule has 0 aliphatic carbocycles. The van der Waals surface area contributed by atoms with Crippen molar-refractivity contribution in [3.05, 3.63) is 18.2 Å². The summed E-state index contributed by atoms with van der Waals surface area (Å²) in [5.74, 6) is -0.0564. The van der Waals surface area contributed by atoms with E-state index in [9.17, 15) is 16.8 Å². The number of hydrogen-bond donors (Lipinski definition) is 0. The lowest BCUT2D eigenvalue weighted by atomic mass is 10.3. The molecule has 0 saturated heterocycles. The van der Waals surface area contributed by atoms with Crippen molar-refractivity contribution >= 4 is 39.5 Å². The molecule has 0 amide bonds. The highest BCUT2D eigenvalue weighted by molar-refractivity contribution is 8.14. The summed E-state index contributed by atoms with van der Waals surface area (Å²) in [6.45, 7) is 0. The fourth-order valence-corrected chi connectivity index (χ4v) is 2.87. The molecule has 5 nitrogen and oxygen atoms in total. The van der Waals surface area contributed by atoms with Crippen LogP contribution in [0.4, 0.5) is 0 Å². The Bertz CT molecular complexity index is 606. The molecule has 0 unspecified atom stereocenters. The van der Waals surface area contributed by atoms with Gasteiger partial charge in [0.25, 0.3) is 18.1 Å². The maximum absolute atomic E-state index is 11.1. The van der Waals surface area contributed by atoms with Gasteiger partial charge in [0.05, 0.1) is 12.0 Å². The van der Waals surface area contributed by atoms with Crippen LogP contribution in [0.1, 0.15) is 0 Å². The van der Waals surface area contributed by atoms with Crippen molar-refractivity contribution in [1.82, 2.24) is 0 Å². The molecule has 0 fully saturated rings. The Kier molecular flexibility index (Phi) is 3.73. The van der Waals surface area contributed by atoms with E-state index in [-0.39, 0.29) is 10.6 Å². The van der Waals surface area contributed by atoms with Crippen molar-refractivity contribution in [3.63, 3.8) is 0 Å². The first kappa shape index (κ1) is 13.6. The normalized spacial score (nSPS) is 12.4. The van der Waals surface area contributed by atoms with Crippen LogP contribution in [0.25, 0.3) is 0 Å². The van der Waals surface area contributed by atoms with Crippen LogP contribution in [0, 0.1) is 0 Å². The Morgan fingerprint density at radius 1 is 1.06 bits per heavy atom. The van der Waals surface area contributed by atoms with E-state index in [1.165, 1.54) is 7.11 Å². The molecule has 0 radical (unpaired) electrons. The first-order valence-corrected chi connectivity index (χ1v) is 8.35. The summed E-state index contributed by atoms with van der Waals surface area (Å²) in [7, 11) is 3.30. The number of ether oxygens (including phenoxy) is 1. The lowest BCUT2D eigenvalue weighted by Crippen LogP contribution is -1.99. The highest BCUT2D eigenvalue weighted by Gasteiger charge is 2.20. The van der Waals surface area contributed by atoms with Gasteiger partial charge in [-0.1, -0.05) is 0 Å². The van der Waals surface area contributed by atoms with Crippen LogP contribution < -0.4 is 4.74 Å². The first-order valence-electron chi connectivity index (χ1n) is 3.73. The number of methoxy groups -OCH3 is 1. The first-order chi connectivity index (χ1) is 7.16. The van der Waals surface area contributed by atoms with Crippen molar-refractivity contribution in [2.24, 2.45) is 0 Å². The summed E-state index contributed by atoms with van der Waals surface area (Å²) in [5.41, 5.74) is 0. The molecule has 0 N–H and O–H groups in total. The Labute approximate surface area is 102 Å². The number of benzene rings is 1. The Balaban J connectivity index is 3.58. The van der Waals surface area contributed by atoms with E-state index in [0.29, 0.717) is 0 Å². The quantitative estimate of drug-likeness (QED) is 0.792. The Morgan fingerprint density at radius 2 is 1.62 bits per heavy atom. The van der Waals surface area contributed by atoms with Gasteiger partial charge in [0.15, 0.2) is 0 Å². The largest absolute Gasteiger partial charge is 0.495 e. The molecular weight excluding hydrogens is 299 g/mol. The lowest BCUT2D eigenvalue weighted by molar-refractivity contribution is 0.402. The van der Waals surface area contributed by atoms with E-state index in [1.54, 1.807) is 0 Å². The second kappa shape index (κ2) is 4.40. The highest BCUT2D eigenvalue weighted by atomic mass is 35.7. The number of hydrogen-bond acceptors (Lipinski definition) is 5. The smallest absolute Gasteiger partial charge is 0.265 e. The van der Waals surface area contributed by atoms with Gasteiger partial charge >= 0.3 is 0 Å². The molecule has 1 aromatic rings. The van der Waals surface area contributed by atoms with Crippen molar-refractivity contribution in [2.75, 3.05) is 7.11 Å². The minimum Gasteiger partial charge on any atom is -0.495 e. The third-order valence-corrected chi connectivity index (χ3v) is 4.37. The van der Waals surface area contributed by atoms with Crippen molar-refractivity contribution in [2.45, 2.75) is 9.79 Å². The van der Waals surface area contributed by atoms with Gasteiger partial charge in [-0.05, 0) is 18.2 Å². The summed E-state index contributed by atoms with van der Waals surface area (Å²) in [4.78, 5) is -0.812.